The predicted molar refractivity (Wildman–Crippen MR) is 103 cm³/mol. The van der Waals surface area contributed by atoms with Crippen LogP contribution in [0.4, 0.5) is 5.69 Å². The average molecular weight is 401 g/mol. The number of hydrogen-bond donors (Lipinski definition) is 1. The predicted octanol–water partition coefficient (Wildman–Crippen LogP) is 2.16. The van der Waals surface area contributed by atoms with Crippen molar-refractivity contribution >= 4 is 27.5 Å². The number of rotatable bonds is 2. The van der Waals surface area contributed by atoms with E-state index in [0.29, 0.717) is 28.6 Å². The van der Waals surface area contributed by atoms with Crippen molar-refractivity contribution in [1.29, 1.82) is 0 Å². The highest BCUT2D eigenvalue weighted by Gasteiger charge is 2.44. The molecule has 0 atom stereocenters. The summed E-state index contributed by atoms with van der Waals surface area (Å²) in [6.45, 7) is 0.272. The molecule has 0 radical (unpaired) electrons. The van der Waals surface area contributed by atoms with Gasteiger partial charge in [0.15, 0.2) is 11.5 Å². The van der Waals surface area contributed by atoms with Gasteiger partial charge >= 0.3 is 0 Å². The molecule has 0 bridgehead atoms. The summed E-state index contributed by atoms with van der Waals surface area (Å²) < 4.78 is 38.9. The summed E-state index contributed by atoms with van der Waals surface area (Å²) in [7, 11) is -3.42. The first-order valence-electron chi connectivity index (χ1n) is 9.24. The molecule has 1 spiro atoms. The second-order valence-electron chi connectivity index (χ2n) is 7.28. The standard InChI is InChI=1S/C19H19N3O5S/c23-18(13-3-6-17-21-28(24,25)10-9-22(17)12-13)20-14-4-5-15-16(11-14)27-19(26-15)7-1-2-8-19/h3-6,11-12H,1-2,7-10H2,(H,20,23). The topological polar surface area (TPSA) is 97.3 Å². The van der Waals surface area contributed by atoms with Gasteiger partial charge in [-0.3, -0.25) is 4.79 Å². The van der Waals surface area contributed by atoms with Crippen molar-refractivity contribution in [3.63, 3.8) is 0 Å². The van der Waals surface area contributed by atoms with Crippen molar-refractivity contribution in [2.45, 2.75) is 31.5 Å². The van der Waals surface area contributed by atoms with E-state index in [1.54, 1.807) is 29.3 Å². The summed E-state index contributed by atoms with van der Waals surface area (Å²) in [5, 5.41) is 2.85. The number of carbonyl (C=O) groups is 1. The largest absolute Gasteiger partial charge is 0.448 e. The van der Waals surface area contributed by atoms with Crippen LogP contribution >= 0.6 is 0 Å². The van der Waals surface area contributed by atoms with E-state index in [1.807, 2.05) is 6.07 Å². The molecule has 28 heavy (non-hydrogen) atoms. The van der Waals surface area contributed by atoms with E-state index in [9.17, 15) is 13.2 Å². The van der Waals surface area contributed by atoms with Crippen LogP contribution in [0.15, 0.2) is 46.5 Å². The van der Waals surface area contributed by atoms with Crippen LogP contribution in [0, 0.1) is 0 Å². The molecule has 5 rings (SSSR count). The zero-order valence-corrected chi connectivity index (χ0v) is 15.9. The zero-order valence-electron chi connectivity index (χ0n) is 15.1. The normalized spacial score (nSPS) is 23.2. The van der Waals surface area contributed by atoms with Gasteiger partial charge < -0.3 is 19.7 Å². The van der Waals surface area contributed by atoms with Gasteiger partial charge in [0, 0.05) is 37.3 Å². The van der Waals surface area contributed by atoms with Crippen molar-refractivity contribution in [1.82, 2.24) is 4.90 Å². The lowest BCUT2D eigenvalue weighted by molar-refractivity contribution is -0.112. The monoisotopic (exact) mass is 401 g/mol. The van der Waals surface area contributed by atoms with E-state index >= 15 is 0 Å². The lowest BCUT2D eigenvalue weighted by Crippen LogP contribution is -2.37. The highest BCUT2D eigenvalue weighted by Crippen LogP contribution is 2.47. The Labute approximate surface area is 162 Å². The molecule has 0 unspecified atom stereocenters. The molecule has 3 aliphatic heterocycles. The zero-order chi connectivity index (χ0) is 19.4. The molecule has 4 aliphatic rings. The first-order chi connectivity index (χ1) is 13.4. The Balaban J connectivity index is 1.31. The molecule has 3 heterocycles. The molecule has 9 heteroatoms. The van der Waals surface area contributed by atoms with Crippen molar-refractivity contribution in [2.24, 2.45) is 4.40 Å². The molecule has 1 N–H and O–H groups in total. The number of amidine groups is 1. The number of amides is 1. The van der Waals surface area contributed by atoms with Gasteiger partial charge in [-0.05, 0) is 37.1 Å². The Morgan fingerprint density at radius 1 is 1.14 bits per heavy atom. The first-order valence-corrected chi connectivity index (χ1v) is 10.9. The average Bonchev–Trinajstić information content (AvgIpc) is 3.26. The van der Waals surface area contributed by atoms with Gasteiger partial charge in [-0.25, -0.2) is 8.42 Å². The smallest absolute Gasteiger partial charge is 0.257 e. The maximum absolute atomic E-state index is 12.6. The molecule has 1 amide bonds. The van der Waals surface area contributed by atoms with Gasteiger partial charge in [-0.15, -0.1) is 4.40 Å². The minimum atomic E-state index is -3.42. The lowest BCUT2D eigenvalue weighted by atomic mass is 10.1. The van der Waals surface area contributed by atoms with Crippen molar-refractivity contribution < 1.29 is 22.7 Å². The number of fused-ring (bicyclic) bond motifs is 2. The van der Waals surface area contributed by atoms with Crippen LogP contribution in [0.2, 0.25) is 0 Å². The molecule has 1 aromatic carbocycles. The molecule has 0 saturated heterocycles. The molecule has 1 aromatic rings. The van der Waals surface area contributed by atoms with E-state index in [4.69, 9.17) is 9.47 Å². The molecule has 0 aromatic heterocycles. The number of sulfonamides is 1. The number of benzene rings is 1. The Hall–Kier alpha value is -2.81. The Kier molecular flexibility index (Phi) is 3.77. The van der Waals surface area contributed by atoms with Crippen molar-refractivity contribution in [3.8, 4) is 11.5 Å². The fraction of sp³-hybridized carbons (Fsp3) is 0.368. The highest BCUT2D eigenvalue weighted by molar-refractivity contribution is 7.90. The molecule has 146 valence electrons. The van der Waals surface area contributed by atoms with E-state index in [-0.39, 0.29) is 18.2 Å². The van der Waals surface area contributed by atoms with Crippen LogP contribution < -0.4 is 14.8 Å². The SMILES string of the molecule is O=C(Nc1ccc2c(c1)OC1(CCCC1)O2)C1=CN2CCS(=O)(=O)N=C2C=C1. The number of hydrogen-bond acceptors (Lipinski definition) is 6. The third-order valence-corrected chi connectivity index (χ3v) is 6.41. The quantitative estimate of drug-likeness (QED) is 0.816. The number of nitrogens with one attached hydrogen (secondary N) is 1. The van der Waals surface area contributed by atoms with Gasteiger partial charge in [-0.1, -0.05) is 0 Å². The summed E-state index contributed by atoms with van der Waals surface area (Å²) in [6.07, 6.45) is 8.62. The summed E-state index contributed by atoms with van der Waals surface area (Å²) >= 11 is 0. The van der Waals surface area contributed by atoms with Crippen molar-refractivity contribution in [2.75, 3.05) is 17.6 Å². The molecule has 8 nitrogen and oxygen atoms in total. The van der Waals surface area contributed by atoms with Crippen LogP contribution in [-0.2, 0) is 14.8 Å². The molecule has 1 saturated carbocycles. The third-order valence-electron chi connectivity index (χ3n) is 5.24. The summed E-state index contributed by atoms with van der Waals surface area (Å²) in [5.74, 6) is 0.769. The van der Waals surface area contributed by atoms with Crippen molar-refractivity contribution in [3.05, 3.63) is 42.1 Å². The number of carbonyl (C=O) groups excluding carboxylic acids is 1. The minimum absolute atomic E-state index is 0.0698. The van der Waals surface area contributed by atoms with E-state index in [1.165, 1.54) is 6.08 Å². The Bertz CT molecular complexity index is 1050. The Morgan fingerprint density at radius 2 is 1.93 bits per heavy atom. The Morgan fingerprint density at radius 3 is 2.75 bits per heavy atom. The van der Waals surface area contributed by atoms with Crippen LogP contribution in [0.5, 0.6) is 11.5 Å². The summed E-state index contributed by atoms with van der Waals surface area (Å²) in [5.41, 5.74) is 1.03. The fourth-order valence-corrected chi connectivity index (χ4v) is 4.80. The second kappa shape index (κ2) is 6.10. The molecular weight excluding hydrogens is 382 g/mol. The second-order valence-corrected chi connectivity index (χ2v) is 9.04. The number of anilines is 1. The maximum atomic E-state index is 12.6. The first kappa shape index (κ1) is 17.3. The highest BCUT2D eigenvalue weighted by atomic mass is 32.2. The van der Waals surface area contributed by atoms with E-state index in [2.05, 4.69) is 9.71 Å². The van der Waals surface area contributed by atoms with Gasteiger partial charge in [-0.2, -0.15) is 0 Å². The summed E-state index contributed by atoms with van der Waals surface area (Å²) in [4.78, 5) is 14.3. The van der Waals surface area contributed by atoms with Crippen LogP contribution in [0.25, 0.3) is 0 Å². The number of ether oxygens (including phenoxy) is 2. The van der Waals surface area contributed by atoms with E-state index in [0.717, 1.165) is 25.7 Å². The fourth-order valence-electron chi connectivity index (χ4n) is 3.83. The van der Waals surface area contributed by atoms with Gasteiger partial charge in [0.05, 0.1) is 11.3 Å². The third kappa shape index (κ3) is 3.05. The maximum Gasteiger partial charge on any atom is 0.257 e. The molecule has 1 fully saturated rings. The van der Waals surface area contributed by atoms with Crippen LogP contribution in [-0.4, -0.2) is 43.1 Å². The lowest BCUT2D eigenvalue weighted by Gasteiger charge is -2.26. The number of nitrogens with zero attached hydrogens (tertiary/aromatic N) is 2. The van der Waals surface area contributed by atoms with E-state index < -0.39 is 15.8 Å². The van der Waals surface area contributed by atoms with Gasteiger partial charge in [0.2, 0.25) is 0 Å². The summed E-state index contributed by atoms with van der Waals surface area (Å²) in [6, 6.07) is 5.36. The van der Waals surface area contributed by atoms with Gasteiger partial charge in [0.25, 0.3) is 21.7 Å². The van der Waals surface area contributed by atoms with Crippen LogP contribution in [0.3, 0.4) is 0 Å². The molecular formula is C19H19N3O5S. The van der Waals surface area contributed by atoms with Gasteiger partial charge in [0.1, 0.15) is 5.84 Å². The molecule has 1 aliphatic carbocycles. The van der Waals surface area contributed by atoms with Crippen LogP contribution in [0.1, 0.15) is 25.7 Å². The minimum Gasteiger partial charge on any atom is -0.448 e.